The van der Waals surface area contributed by atoms with Gasteiger partial charge in [0.1, 0.15) is 0 Å². The van der Waals surface area contributed by atoms with Crippen LogP contribution in [0.2, 0.25) is 10.0 Å². The molecule has 0 fully saturated rings. The summed E-state index contributed by atoms with van der Waals surface area (Å²) < 4.78 is 24.1. The highest BCUT2D eigenvalue weighted by Crippen LogP contribution is 2.34. The van der Waals surface area contributed by atoms with E-state index in [1.165, 1.54) is 12.1 Å². The lowest BCUT2D eigenvalue weighted by atomic mass is 10.1. The van der Waals surface area contributed by atoms with E-state index < -0.39 is 14.6 Å². The molecule has 0 amide bonds. The minimum absolute atomic E-state index is 0.155. The van der Waals surface area contributed by atoms with E-state index in [0.29, 0.717) is 11.4 Å². The lowest BCUT2D eigenvalue weighted by Crippen LogP contribution is -2.31. The number of hydrogen-bond acceptors (Lipinski definition) is 2. The second-order valence-corrected chi connectivity index (χ2v) is 7.98. The Morgan fingerprint density at radius 3 is 2.29 bits per heavy atom. The molecular weight excluding hydrogens is 279 g/mol. The molecule has 5 heteroatoms. The first-order chi connectivity index (χ1) is 7.72. The van der Waals surface area contributed by atoms with Crippen molar-refractivity contribution in [2.24, 2.45) is 0 Å². The van der Waals surface area contributed by atoms with Gasteiger partial charge in [0.2, 0.25) is 0 Å². The maximum atomic E-state index is 12.4. The van der Waals surface area contributed by atoms with Crippen molar-refractivity contribution in [3.05, 3.63) is 28.2 Å². The maximum Gasteiger partial charge on any atom is 0.184 e. The largest absolute Gasteiger partial charge is 0.223 e. The van der Waals surface area contributed by atoms with E-state index >= 15 is 0 Å². The van der Waals surface area contributed by atoms with Crippen molar-refractivity contribution in [3.8, 4) is 0 Å². The molecule has 2 nitrogen and oxygen atoms in total. The summed E-state index contributed by atoms with van der Waals surface area (Å²) in [5.74, 6) is 0. The molecule has 0 unspecified atom stereocenters. The van der Waals surface area contributed by atoms with Crippen LogP contribution in [0.5, 0.6) is 0 Å². The zero-order valence-electron chi connectivity index (χ0n) is 10.1. The summed E-state index contributed by atoms with van der Waals surface area (Å²) in [6, 6.07) is 4.47. The molecule has 1 aromatic rings. The summed E-state index contributed by atoms with van der Waals surface area (Å²) in [6.45, 7) is 5.40. The Hall–Kier alpha value is -0.250. The number of rotatable bonds is 4. The molecule has 0 N–H and O–H groups in total. The predicted octanol–water partition coefficient (Wildman–Crippen LogP) is 4.35. The molecule has 1 rings (SSSR count). The van der Waals surface area contributed by atoms with Crippen molar-refractivity contribution < 1.29 is 8.42 Å². The van der Waals surface area contributed by atoms with Crippen LogP contribution in [0.15, 0.2) is 23.1 Å². The van der Waals surface area contributed by atoms with Crippen LogP contribution >= 0.6 is 23.2 Å². The van der Waals surface area contributed by atoms with Gasteiger partial charge in [-0.1, -0.05) is 36.5 Å². The van der Waals surface area contributed by atoms with E-state index in [0.717, 1.165) is 6.42 Å². The van der Waals surface area contributed by atoms with Crippen LogP contribution in [0.4, 0.5) is 0 Å². The molecule has 0 saturated carbocycles. The summed E-state index contributed by atoms with van der Waals surface area (Å²) in [5, 5.41) is 0.615. The highest BCUT2D eigenvalue weighted by molar-refractivity contribution is 7.92. The Kier molecular flexibility index (Phi) is 4.50. The molecule has 96 valence electrons. The maximum absolute atomic E-state index is 12.4. The average molecular weight is 295 g/mol. The van der Waals surface area contributed by atoms with E-state index in [4.69, 9.17) is 23.2 Å². The van der Waals surface area contributed by atoms with Gasteiger partial charge in [-0.3, -0.25) is 0 Å². The third-order valence-corrected chi connectivity index (χ3v) is 6.02. The van der Waals surface area contributed by atoms with Crippen molar-refractivity contribution >= 4 is 33.0 Å². The Balaban J connectivity index is 3.31. The minimum Gasteiger partial charge on any atom is -0.223 e. The van der Waals surface area contributed by atoms with Crippen LogP contribution in [0.3, 0.4) is 0 Å². The topological polar surface area (TPSA) is 34.1 Å². The van der Waals surface area contributed by atoms with Crippen LogP contribution in [-0.4, -0.2) is 13.2 Å². The normalized spacial score (nSPS) is 12.8. The van der Waals surface area contributed by atoms with E-state index in [-0.39, 0.29) is 9.92 Å². The van der Waals surface area contributed by atoms with Gasteiger partial charge in [-0.2, -0.15) is 0 Å². The van der Waals surface area contributed by atoms with Gasteiger partial charge in [-0.25, -0.2) is 8.42 Å². The van der Waals surface area contributed by atoms with Crippen LogP contribution in [0.25, 0.3) is 0 Å². The molecule has 0 bridgehead atoms. The summed E-state index contributed by atoms with van der Waals surface area (Å²) in [4.78, 5) is 0.155. The lowest BCUT2D eigenvalue weighted by Gasteiger charge is -2.24. The summed E-state index contributed by atoms with van der Waals surface area (Å²) in [7, 11) is -3.44. The summed E-state index contributed by atoms with van der Waals surface area (Å²) in [6.07, 6.45) is 1.39. The van der Waals surface area contributed by atoms with Gasteiger partial charge in [0, 0.05) is 5.02 Å². The van der Waals surface area contributed by atoms with Crippen LogP contribution in [0.1, 0.15) is 33.6 Å². The quantitative estimate of drug-likeness (QED) is 0.827. The molecule has 0 heterocycles. The molecule has 0 aromatic heterocycles. The van der Waals surface area contributed by atoms with Gasteiger partial charge in [0.15, 0.2) is 9.84 Å². The van der Waals surface area contributed by atoms with E-state index in [1.807, 2.05) is 6.92 Å². The first kappa shape index (κ1) is 14.8. The second kappa shape index (κ2) is 5.17. The predicted molar refractivity (Wildman–Crippen MR) is 72.6 cm³/mol. The van der Waals surface area contributed by atoms with Crippen LogP contribution < -0.4 is 0 Å². The second-order valence-electron chi connectivity index (χ2n) is 4.59. The third-order valence-electron chi connectivity index (χ3n) is 2.76. The first-order valence-corrected chi connectivity index (χ1v) is 7.66. The highest BCUT2D eigenvalue weighted by Gasteiger charge is 2.36. The van der Waals surface area contributed by atoms with Gasteiger partial charge in [0.05, 0.1) is 14.7 Å². The number of sulfone groups is 1. The highest BCUT2D eigenvalue weighted by atomic mass is 35.5. The molecular formula is C12H16Cl2O2S. The number of halogens is 2. The molecule has 0 aliphatic rings. The molecule has 17 heavy (non-hydrogen) atoms. The molecule has 1 aromatic carbocycles. The first-order valence-electron chi connectivity index (χ1n) is 5.42. The SMILES string of the molecule is CCCC(C)(C)S(=O)(=O)c1ccc(Cl)cc1Cl. The molecule has 0 aliphatic carbocycles. The Bertz CT molecular complexity index is 507. The van der Waals surface area contributed by atoms with Gasteiger partial charge in [-0.05, 0) is 38.5 Å². The van der Waals surface area contributed by atoms with E-state index in [2.05, 4.69) is 0 Å². The smallest absolute Gasteiger partial charge is 0.184 e. The zero-order valence-corrected chi connectivity index (χ0v) is 12.5. The fourth-order valence-electron chi connectivity index (χ4n) is 1.73. The fraction of sp³-hybridized carbons (Fsp3) is 0.500. The molecule has 0 saturated heterocycles. The summed E-state index contributed by atoms with van der Waals surface area (Å²) >= 11 is 11.7. The fourth-order valence-corrected chi connectivity index (χ4v) is 4.07. The van der Waals surface area contributed by atoms with Crippen molar-refractivity contribution in [3.63, 3.8) is 0 Å². The molecule has 0 radical (unpaired) electrons. The van der Waals surface area contributed by atoms with Crippen molar-refractivity contribution in [1.82, 2.24) is 0 Å². The van der Waals surface area contributed by atoms with Crippen molar-refractivity contribution in [2.75, 3.05) is 0 Å². The Labute approximate surface area is 113 Å². The zero-order chi connectivity index (χ0) is 13.3. The van der Waals surface area contributed by atoms with Crippen LogP contribution in [0, 0.1) is 0 Å². The Morgan fingerprint density at radius 1 is 1.24 bits per heavy atom. The Morgan fingerprint density at radius 2 is 1.82 bits per heavy atom. The molecule has 0 atom stereocenters. The van der Waals surface area contributed by atoms with Gasteiger partial charge < -0.3 is 0 Å². The van der Waals surface area contributed by atoms with Crippen LogP contribution in [-0.2, 0) is 9.84 Å². The minimum atomic E-state index is -3.44. The van der Waals surface area contributed by atoms with E-state index in [9.17, 15) is 8.42 Å². The third kappa shape index (κ3) is 2.95. The van der Waals surface area contributed by atoms with Gasteiger partial charge in [0.25, 0.3) is 0 Å². The number of hydrogen-bond donors (Lipinski definition) is 0. The standard InChI is InChI=1S/C12H16Cl2O2S/c1-4-7-12(2,3)17(15,16)11-6-5-9(13)8-10(11)14/h5-6,8H,4,7H2,1-3H3. The summed E-state index contributed by atoms with van der Waals surface area (Å²) in [5.41, 5.74) is 0. The average Bonchev–Trinajstić information content (AvgIpc) is 2.16. The van der Waals surface area contributed by atoms with Crippen molar-refractivity contribution in [1.29, 1.82) is 0 Å². The lowest BCUT2D eigenvalue weighted by molar-refractivity contribution is 0.523. The van der Waals surface area contributed by atoms with Gasteiger partial charge in [-0.15, -0.1) is 0 Å². The van der Waals surface area contributed by atoms with Crippen molar-refractivity contribution in [2.45, 2.75) is 43.3 Å². The monoisotopic (exact) mass is 294 g/mol. The van der Waals surface area contributed by atoms with Gasteiger partial charge >= 0.3 is 0 Å². The van der Waals surface area contributed by atoms with E-state index in [1.54, 1.807) is 19.9 Å². The molecule has 0 spiro atoms. The molecule has 0 aliphatic heterocycles. The number of benzene rings is 1.